The topological polar surface area (TPSA) is 136 Å². The number of benzene rings is 1. The number of aryl methyl sites for hydroxylation is 1. The molecule has 0 fully saturated rings. The van der Waals surface area contributed by atoms with E-state index >= 15 is 0 Å². The molecule has 0 atom stereocenters. The van der Waals surface area contributed by atoms with Gasteiger partial charge in [0, 0.05) is 0 Å². The fraction of sp³-hybridized carbons (Fsp3) is 0.143. The SMILES string of the molecule is Cc1ccccc1P(=O)([O-])[O-].[NH4+].[NH4+]. The van der Waals surface area contributed by atoms with Gasteiger partial charge in [0.1, 0.15) is 0 Å². The van der Waals surface area contributed by atoms with Gasteiger partial charge >= 0.3 is 0 Å². The smallest absolute Gasteiger partial charge is 0.0127 e. The highest BCUT2D eigenvalue weighted by atomic mass is 31.2. The van der Waals surface area contributed by atoms with Gasteiger partial charge in [0.2, 0.25) is 0 Å². The molecule has 1 aromatic carbocycles. The van der Waals surface area contributed by atoms with Crippen molar-refractivity contribution < 1.29 is 14.4 Å². The minimum absolute atomic E-state index is 0. The van der Waals surface area contributed by atoms with Crippen molar-refractivity contribution in [1.82, 2.24) is 12.3 Å². The van der Waals surface area contributed by atoms with Crippen LogP contribution in [0.15, 0.2) is 24.3 Å². The zero-order chi connectivity index (χ0) is 8.48. The van der Waals surface area contributed by atoms with Gasteiger partial charge in [0.15, 0.2) is 0 Å². The predicted molar refractivity (Wildman–Crippen MR) is 50.4 cm³/mol. The summed E-state index contributed by atoms with van der Waals surface area (Å²) in [5.41, 5.74) is 0.501. The number of hydrogen-bond donors (Lipinski definition) is 2. The van der Waals surface area contributed by atoms with E-state index in [1.54, 1.807) is 19.1 Å². The molecule has 76 valence electrons. The van der Waals surface area contributed by atoms with Crippen LogP contribution in [-0.2, 0) is 4.57 Å². The lowest BCUT2D eigenvalue weighted by Gasteiger charge is -2.31. The van der Waals surface area contributed by atoms with Crippen molar-refractivity contribution in [2.75, 3.05) is 0 Å². The first-order valence-corrected chi connectivity index (χ1v) is 4.64. The van der Waals surface area contributed by atoms with Crippen LogP contribution in [0.3, 0.4) is 0 Å². The second-order valence-corrected chi connectivity index (χ2v) is 3.76. The summed E-state index contributed by atoms with van der Waals surface area (Å²) in [6, 6.07) is 6.13. The van der Waals surface area contributed by atoms with Crippen molar-refractivity contribution in [3.8, 4) is 0 Å². The molecule has 6 heteroatoms. The molecule has 13 heavy (non-hydrogen) atoms. The molecule has 0 spiro atoms. The van der Waals surface area contributed by atoms with Gasteiger partial charge in [-0.05, 0) is 25.4 Å². The van der Waals surface area contributed by atoms with Gasteiger partial charge in [-0.3, -0.25) is 0 Å². The molecule has 8 N–H and O–H groups in total. The first kappa shape index (κ1) is 14.8. The summed E-state index contributed by atoms with van der Waals surface area (Å²) in [4.78, 5) is 21.1. The van der Waals surface area contributed by atoms with Crippen LogP contribution >= 0.6 is 7.60 Å². The van der Waals surface area contributed by atoms with Crippen LogP contribution in [0.1, 0.15) is 5.56 Å². The fourth-order valence-electron chi connectivity index (χ4n) is 0.871. The molecule has 1 aromatic rings. The molecule has 0 aliphatic rings. The van der Waals surface area contributed by atoms with E-state index in [1.165, 1.54) is 12.1 Å². The lowest BCUT2D eigenvalue weighted by Crippen LogP contribution is -2.26. The van der Waals surface area contributed by atoms with E-state index in [2.05, 4.69) is 0 Å². The molecule has 1 rings (SSSR count). The van der Waals surface area contributed by atoms with E-state index in [9.17, 15) is 14.4 Å². The Kier molecular flexibility index (Phi) is 5.82. The summed E-state index contributed by atoms with van der Waals surface area (Å²) in [6.07, 6.45) is 0. The predicted octanol–water partition coefficient (Wildman–Crippen LogP) is 0.286. The van der Waals surface area contributed by atoms with E-state index in [1.807, 2.05) is 0 Å². The second kappa shape index (κ2) is 5.11. The second-order valence-electron chi connectivity index (χ2n) is 2.28. The minimum Gasteiger partial charge on any atom is -0.807 e. The number of hydrogen-bond acceptors (Lipinski definition) is 3. The van der Waals surface area contributed by atoms with E-state index < -0.39 is 7.60 Å². The summed E-state index contributed by atoms with van der Waals surface area (Å²) in [5.74, 6) is 0. The molecule has 0 aliphatic carbocycles. The zero-order valence-electron chi connectivity index (χ0n) is 7.98. The largest absolute Gasteiger partial charge is 0.807 e. The third kappa shape index (κ3) is 3.67. The molecule has 0 aliphatic heterocycles. The average Bonchev–Trinajstić information content (AvgIpc) is 1.86. The van der Waals surface area contributed by atoms with E-state index in [0.717, 1.165) is 0 Å². The van der Waals surface area contributed by atoms with Crippen molar-refractivity contribution in [1.29, 1.82) is 0 Å². The van der Waals surface area contributed by atoms with Crippen LogP contribution in [0.2, 0.25) is 0 Å². The molecule has 0 radical (unpaired) electrons. The molecule has 0 heterocycles. The van der Waals surface area contributed by atoms with Crippen LogP contribution in [0, 0.1) is 6.92 Å². The number of quaternary nitrogens is 2. The Labute approximate surface area is 77.1 Å². The van der Waals surface area contributed by atoms with Crippen molar-refractivity contribution >= 4 is 12.9 Å². The highest BCUT2D eigenvalue weighted by Crippen LogP contribution is 2.23. The molecule has 0 unspecified atom stereocenters. The first-order chi connectivity index (χ1) is 5.02. The van der Waals surface area contributed by atoms with Gasteiger partial charge in [-0.15, -0.1) is 0 Å². The maximum atomic E-state index is 10.5. The summed E-state index contributed by atoms with van der Waals surface area (Å²) < 4.78 is 10.5. The molecule has 0 saturated heterocycles. The van der Waals surface area contributed by atoms with Crippen LogP contribution in [0.4, 0.5) is 0 Å². The minimum atomic E-state index is -4.56. The maximum Gasteiger partial charge on any atom is -0.0127 e. The molecular weight excluding hydrogens is 191 g/mol. The van der Waals surface area contributed by atoms with Gasteiger partial charge in [-0.1, -0.05) is 24.3 Å². The van der Waals surface area contributed by atoms with Crippen LogP contribution in [0.25, 0.3) is 0 Å². The molecule has 0 saturated carbocycles. The Balaban J connectivity index is 0. The van der Waals surface area contributed by atoms with Gasteiger partial charge in [0.05, 0.1) is 0 Å². The normalized spacial score (nSPS) is 9.77. The Morgan fingerprint density at radius 3 is 1.92 bits per heavy atom. The lowest BCUT2D eigenvalue weighted by atomic mass is 10.2. The van der Waals surface area contributed by atoms with Crippen molar-refractivity contribution in [3.63, 3.8) is 0 Å². The average molecular weight is 206 g/mol. The molecule has 5 nitrogen and oxygen atoms in total. The summed E-state index contributed by atoms with van der Waals surface area (Å²) >= 11 is 0. The third-order valence-electron chi connectivity index (χ3n) is 1.41. The van der Waals surface area contributed by atoms with Crippen LogP contribution in [0.5, 0.6) is 0 Å². The third-order valence-corrected chi connectivity index (χ3v) is 2.50. The summed E-state index contributed by atoms with van der Waals surface area (Å²) in [6.45, 7) is 1.60. The Morgan fingerprint density at radius 2 is 1.62 bits per heavy atom. The van der Waals surface area contributed by atoms with Crippen LogP contribution in [-0.4, -0.2) is 0 Å². The quantitative estimate of drug-likeness (QED) is 0.638. The molecular formula is C7H15N2O3P. The highest BCUT2D eigenvalue weighted by Gasteiger charge is 1.98. The first-order valence-electron chi connectivity index (χ1n) is 3.10. The van der Waals surface area contributed by atoms with E-state index in [4.69, 9.17) is 0 Å². The lowest BCUT2D eigenvalue weighted by molar-refractivity contribution is -0.307. The standard InChI is InChI=1S/C7H9O3P.2H3N/c1-6-4-2-3-5-7(6)11(8,9)10;;/h2-5H,1H3,(H2,8,9,10);2*1H3. The Hall–Kier alpha value is -0.710. The van der Waals surface area contributed by atoms with Crippen molar-refractivity contribution in [2.45, 2.75) is 6.92 Å². The van der Waals surface area contributed by atoms with Gasteiger partial charge < -0.3 is 26.7 Å². The molecule has 0 amide bonds. The van der Waals surface area contributed by atoms with Crippen molar-refractivity contribution in [2.24, 2.45) is 0 Å². The fourth-order valence-corrected chi connectivity index (χ4v) is 1.65. The van der Waals surface area contributed by atoms with E-state index in [0.29, 0.717) is 5.56 Å². The molecule has 0 aromatic heterocycles. The monoisotopic (exact) mass is 206 g/mol. The summed E-state index contributed by atoms with van der Waals surface area (Å²) in [7, 11) is -4.56. The molecule has 0 bridgehead atoms. The van der Waals surface area contributed by atoms with Gasteiger partial charge in [-0.2, -0.15) is 0 Å². The Morgan fingerprint density at radius 1 is 1.15 bits per heavy atom. The van der Waals surface area contributed by atoms with Gasteiger partial charge in [-0.25, -0.2) is 0 Å². The van der Waals surface area contributed by atoms with Crippen molar-refractivity contribution in [3.05, 3.63) is 29.8 Å². The van der Waals surface area contributed by atoms with E-state index in [-0.39, 0.29) is 17.6 Å². The zero-order valence-corrected chi connectivity index (χ0v) is 8.88. The van der Waals surface area contributed by atoms with Gasteiger partial charge in [0.25, 0.3) is 0 Å². The Bertz CT molecular complexity index is 310. The highest BCUT2D eigenvalue weighted by molar-refractivity contribution is 7.57. The summed E-state index contributed by atoms with van der Waals surface area (Å²) in [5, 5.41) is -0.111. The number of rotatable bonds is 1. The van der Waals surface area contributed by atoms with Crippen LogP contribution < -0.4 is 27.4 Å². The maximum absolute atomic E-state index is 10.5.